The van der Waals surface area contributed by atoms with Crippen LogP contribution in [0.3, 0.4) is 0 Å². The number of pyridine rings is 1. The van der Waals surface area contributed by atoms with Crippen LogP contribution in [0.2, 0.25) is 0 Å². The number of nitrogens with zero attached hydrogens (tertiary/aromatic N) is 2. The zero-order chi connectivity index (χ0) is 18.8. The molecule has 7 heteroatoms. The molecule has 0 aliphatic heterocycles. The van der Waals surface area contributed by atoms with Crippen molar-refractivity contribution in [2.75, 3.05) is 27.3 Å². The SMILES string of the molecule is CCNC(=NCc1ncccc1C)NCCc1ccc(OC)c(OC)c1.I. The van der Waals surface area contributed by atoms with Crippen LogP contribution in [0.25, 0.3) is 0 Å². The maximum atomic E-state index is 5.35. The van der Waals surface area contributed by atoms with E-state index in [1.165, 1.54) is 5.56 Å². The molecular weight excluding hydrogens is 455 g/mol. The molecule has 0 fully saturated rings. The highest BCUT2D eigenvalue weighted by atomic mass is 127. The lowest BCUT2D eigenvalue weighted by Gasteiger charge is -2.13. The van der Waals surface area contributed by atoms with E-state index in [4.69, 9.17) is 9.47 Å². The summed E-state index contributed by atoms with van der Waals surface area (Å²) in [4.78, 5) is 9.01. The van der Waals surface area contributed by atoms with Crippen LogP contribution < -0.4 is 20.1 Å². The van der Waals surface area contributed by atoms with Gasteiger partial charge in [0, 0.05) is 19.3 Å². The van der Waals surface area contributed by atoms with Crippen LogP contribution in [-0.4, -0.2) is 38.3 Å². The molecule has 1 heterocycles. The molecule has 0 saturated carbocycles. The number of benzene rings is 1. The molecule has 0 spiro atoms. The van der Waals surface area contributed by atoms with Crippen LogP contribution in [0.1, 0.15) is 23.7 Å². The van der Waals surface area contributed by atoms with Gasteiger partial charge < -0.3 is 20.1 Å². The molecule has 0 bridgehead atoms. The molecule has 2 rings (SSSR count). The van der Waals surface area contributed by atoms with Crippen molar-refractivity contribution in [1.82, 2.24) is 15.6 Å². The van der Waals surface area contributed by atoms with Gasteiger partial charge in [0.05, 0.1) is 26.5 Å². The van der Waals surface area contributed by atoms with Gasteiger partial charge in [-0.25, -0.2) is 4.99 Å². The van der Waals surface area contributed by atoms with Crippen molar-refractivity contribution < 1.29 is 9.47 Å². The molecule has 0 atom stereocenters. The maximum Gasteiger partial charge on any atom is 0.191 e. The first-order chi connectivity index (χ1) is 12.7. The lowest BCUT2D eigenvalue weighted by atomic mass is 10.1. The highest BCUT2D eigenvalue weighted by molar-refractivity contribution is 14.0. The Kier molecular flexibility index (Phi) is 10.5. The Bertz CT molecular complexity index is 738. The lowest BCUT2D eigenvalue weighted by molar-refractivity contribution is 0.354. The Hall–Kier alpha value is -2.03. The van der Waals surface area contributed by atoms with Crippen molar-refractivity contribution in [1.29, 1.82) is 0 Å². The van der Waals surface area contributed by atoms with Gasteiger partial charge in [0.15, 0.2) is 17.5 Å². The number of rotatable bonds is 8. The number of hydrogen-bond acceptors (Lipinski definition) is 4. The fourth-order valence-corrected chi connectivity index (χ4v) is 2.54. The van der Waals surface area contributed by atoms with E-state index in [1.54, 1.807) is 20.4 Å². The molecule has 0 aliphatic carbocycles. The number of halogens is 1. The summed E-state index contributed by atoms with van der Waals surface area (Å²) in [5.41, 5.74) is 3.31. The molecule has 0 unspecified atom stereocenters. The molecule has 0 radical (unpaired) electrons. The third kappa shape index (κ3) is 7.24. The fraction of sp³-hybridized carbons (Fsp3) is 0.400. The topological polar surface area (TPSA) is 67.8 Å². The molecule has 6 nitrogen and oxygen atoms in total. The average molecular weight is 484 g/mol. The molecule has 2 N–H and O–H groups in total. The van der Waals surface area contributed by atoms with Crippen molar-refractivity contribution in [3.63, 3.8) is 0 Å². The van der Waals surface area contributed by atoms with Crippen molar-refractivity contribution in [2.45, 2.75) is 26.8 Å². The van der Waals surface area contributed by atoms with Crippen LogP contribution in [0.15, 0.2) is 41.5 Å². The van der Waals surface area contributed by atoms with Gasteiger partial charge in [-0.3, -0.25) is 4.98 Å². The molecule has 0 amide bonds. The molecular formula is C20H29IN4O2. The lowest BCUT2D eigenvalue weighted by Crippen LogP contribution is -2.38. The van der Waals surface area contributed by atoms with E-state index < -0.39 is 0 Å². The fourth-order valence-electron chi connectivity index (χ4n) is 2.54. The third-order valence-corrected chi connectivity index (χ3v) is 4.00. The van der Waals surface area contributed by atoms with E-state index in [2.05, 4.69) is 40.5 Å². The molecule has 0 aliphatic rings. The monoisotopic (exact) mass is 484 g/mol. The van der Waals surface area contributed by atoms with E-state index in [0.29, 0.717) is 6.54 Å². The first-order valence-electron chi connectivity index (χ1n) is 8.81. The first-order valence-corrected chi connectivity index (χ1v) is 8.81. The van der Waals surface area contributed by atoms with Gasteiger partial charge in [0.25, 0.3) is 0 Å². The summed E-state index contributed by atoms with van der Waals surface area (Å²) in [5, 5.41) is 6.63. The van der Waals surface area contributed by atoms with Gasteiger partial charge in [-0.05, 0) is 49.6 Å². The quantitative estimate of drug-likeness (QED) is 0.342. The van der Waals surface area contributed by atoms with E-state index in [1.807, 2.05) is 24.3 Å². The number of guanidine groups is 1. The Morgan fingerprint density at radius 1 is 1.11 bits per heavy atom. The van der Waals surface area contributed by atoms with Crippen LogP contribution in [0.4, 0.5) is 0 Å². The van der Waals surface area contributed by atoms with Crippen LogP contribution in [0, 0.1) is 6.92 Å². The summed E-state index contributed by atoms with van der Waals surface area (Å²) in [7, 11) is 3.29. The molecule has 1 aromatic carbocycles. The first kappa shape index (κ1) is 23.0. The Morgan fingerprint density at radius 2 is 1.89 bits per heavy atom. The summed E-state index contributed by atoms with van der Waals surface area (Å²) in [5.74, 6) is 2.28. The van der Waals surface area contributed by atoms with Crippen molar-refractivity contribution in [3.8, 4) is 11.5 Å². The van der Waals surface area contributed by atoms with Crippen LogP contribution in [-0.2, 0) is 13.0 Å². The maximum absolute atomic E-state index is 5.35. The normalized spacial score (nSPS) is 10.7. The number of ether oxygens (including phenoxy) is 2. The van der Waals surface area contributed by atoms with E-state index in [9.17, 15) is 0 Å². The average Bonchev–Trinajstić information content (AvgIpc) is 2.67. The molecule has 1 aromatic heterocycles. The standard InChI is InChI=1S/C20H28N4O2.HI/c1-5-21-20(24-14-17-15(2)7-6-11-22-17)23-12-10-16-8-9-18(25-3)19(13-16)26-4;/h6-9,11,13H,5,10,12,14H2,1-4H3,(H2,21,23,24);1H. The zero-order valence-corrected chi connectivity index (χ0v) is 18.7. The van der Waals surface area contributed by atoms with Crippen LogP contribution in [0.5, 0.6) is 11.5 Å². The molecule has 2 aromatic rings. The van der Waals surface area contributed by atoms with Gasteiger partial charge in [-0.2, -0.15) is 0 Å². The number of nitrogens with one attached hydrogen (secondary N) is 2. The minimum Gasteiger partial charge on any atom is -0.493 e. The van der Waals surface area contributed by atoms with Gasteiger partial charge >= 0.3 is 0 Å². The highest BCUT2D eigenvalue weighted by Crippen LogP contribution is 2.27. The van der Waals surface area contributed by atoms with E-state index in [-0.39, 0.29) is 24.0 Å². The summed E-state index contributed by atoms with van der Waals surface area (Å²) in [6.07, 6.45) is 2.66. The second-order valence-corrected chi connectivity index (χ2v) is 5.83. The van der Waals surface area contributed by atoms with Gasteiger partial charge in [-0.15, -0.1) is 24.0 Å². The summed E-state index contributed by atoms with van der Waals surface area (Å²) < 4.78 is 10.6. The number of aromatic nitrogens is 1. The predicted octanol–water partition coefficient (Wildman–Crippen LogP) is 3.32. The van der Waals surface area contributed by atoms with E-state index in [0.717, 1.165) is 48.2 Å². The summed E-state index contributed by atoms with van der Waals surface area (Å²) in [6, 6.07) is 9.97. The second kappa shape index (κ2) is 12.4. The van der Waals surface area contributed by atoms with Gasteiger partial charge in [0.2, 0.25) is 0 Å². The van der Waals surface area contributed by atoms with E-state index >= 15 is 0 Å². The third-order valence-electron chi connectivity index (χ3n) is 4.00. The van der Waals surface area contributed by atoms with Crippen molar-refractivity contribution in [3.05, 3.63) is 53.3 Å². The molecule has 148 valence electrons. The Morgan fingerprint density at radius 3 is 2.56 bits per heavy atom. The summed E-state index contributed by atoms with van der Waals surface area (Å²) >= 11 is 0. The Labute approximate surface area is 178 Å². The van der Waals surface area contributed by atoms with Crippen molar-refractivity contribution in [2.24, 2.45) is 4.99 Å². The highest BCUT2D eigenvalue weighted by Gasteiger charge is 2.05. The minimum atomic E-state index is 0. The van der Waals surface area contributed by atoms with Crippen LogP contribution >= 0.6 is 24.0 Å². The molecule has 27 heavy (non-hydrogen) atoms. The zero-order valence-electron chi connectivity index (χ0n) is 16.4. The Balaban J connectivity index is 0.00000364. The number of aliphatic imine (C=N–C) groups is 1. The smallest absolute Gasteiger partial charge is 0.191 e. The minimum absolute atomic E-state index is 0. The predicted molar refractivity (Wildman–Crippen MR) is 120 cm³/mol. The number of methoxy groups -OCH3 is 2. The summed E-state index contributed by atoms with van der Waals surface area (Å²) in [6.45, 7) is 6.23. The largest absolute Gasteiger partial charge is 0.493 e. The molecule has 0 saturated heterocycles. The van der Waals surface area contributed by atoms with Crippen molar-refractivity contribution >= 4 is 29.9 Å². The van der Waals surface area contributed by atoms with Gasteiger partial charge in [-0.1, -0.05) is 12.1 Å². The van der Waals surface area contributed by atoms with Gasteiger partial charge in [0.1, 0.15) is 0 Å². The number of hydrogen-bond donors (Lipinski definition) is 2. The number of aryl methyl sites for hydroxylation is 1. The second-order valence-electron chi connectivity index (χ2n) is 5.83.